The molecule has 4 heterocycles. The highest BCUT2D eigenvalue weighted by molar-refractivity contribution is 6.07. The van der Waals surface area contributed by atoms with E-state index in [1.54, 1.807) is 6.20 Å². The van der Waals surface area contributed by atoms with Crippen LogP contribution in [-0.4, -0.2) is 45.3 Å². The number of para-hydroxylation sites is 1. The molecule has 7 nitrogen and oxygen atoms in total. The Morgan fingerprint density at radius 3 is 2.81 bits per heavy atom. The van der Waals surface area contributed by atoms with Crippen LogP contribution in [0.25, 0.3) is 0 Å². The fourth-order valence-electron chi connectivity index (χ4n) is 4.74. The van der Waals surface area contributed by atoms with E-state index in [1.807, 2.05) is 41.6 Å². The Labute approximate surface area is 182 Å². The number of benzene rings is 1. The smallest absolute Gasteiger partial charge is 0.259 e. The van der Waals surface area contributed by atoms with Crippen molar-refractivity contribution >= 4 is 17.4 Å². The van der Waals surface area contributed by atoms with Crippen LogP contribution in [0.3, 0.4) is 0 Å². The van der Waals surface area contributed by atoms with Crippen LogP contribution in [0.4, 0.5) is 11.5 Å². The van der Waals surface area contributed by atoms with Gasteiger partial charge >= 0.3 is 0 Å². The quantitative estimate of drug-likeness (QED) is 0.646. The van der Waals surface area contributed by atoms with Crippen LogP contribution in [0.1, 0.15) is 60.4 Å². The summed E-state index contributed by atoms with van der Waals surface area (Å²) in [5, 5.41) is 8.54. The predicted molar refractivity (Wildman–Crippen MR) is 121 cm³/mol. The second-order valence-electron chi connectivity index (χ2n) is 8.72. The third-order valence-corrected chi connectivity index (χ3v) is 6.39. The highest BCUT2D eigenvalue weighted by Gasteiger charge is 2.28. The Morgan fingerprint density at radius 1 is 1.13 bits per heavy atom. The standard InChI is InChI=1S/C24H28N6O/c1-17(2)30-16-26-27-23(30)20-7-5-12-28(15-20)22-10-9-19(14-25-22)24(31)29-13-11-18-6-3-4-8-21(18)29/h3-4,6,8-10,14,16-17,20H,5,7,11-13,15H2,1-2H3. The third-order valence-electron chi connectivity index (χ3n) is 6.39. The minimum atomic E-state index is 0.0190. The van der Waals surface area contributed by atoms with E-state index in [0.29, 0.717) is 17.5 Å². The van der Waals surface area contributed by atoms with Gasteiger partial charge in [-0.1, -0.05) is 18.2 Å². The van der Waals surface area contributed by atoms with Gasteiger partial charge in [-0.05, 0) is 56.9 Å². The molecule has 0 N–H and O–H groups in total. The second-order valence-corrected chi connectivity index (χ2v) is 8.72. The molecule has 1 amide bonds. The molecule has 0 saturated carbocycles. The molecule has 0 bridgehead atoms. The van der Waals surface area contributed by atoms with Crippen LogP contribution in [-0.2, 0) is 6.42 Å². The van der Waals surface area contributed by atoms with Crippen molar-refractivity contribution in [3.63, 3.8) is 0 Å². The molecule has 2 aliphatic heterocycles. The minimum absolute atomic E-state index is 0.0190. The lowest BCUT2D eigenvalue weighted by Gasteiger charge is -2.33. The Hall–Kier alpha value is -3.22. The molecule has 7 heteroatoms. The number of carbonyl (C=O) groups is 1. The first-order chi connectivity index (χ1) is 15.1. The Bertz CT molecular complexity index is 1070. The molecule has 31 heavy (non-hydrogen) atoms. The SMILES string of the molecule is CC(C)n1cnnc1C1CCCN(c2ccc(C(=O)N3CCc4ccccc43)cn2)C1. The summed E-state index contributed by atoms with van der Waals surface area (Å²) in [6, 6.07) is 12.4. The summed E-state index contributed by atoms with van der Waals surface area (Å²) in [6.45, 7) is 6.87. The molecule has 1 fully saturated rings. The number of carbonyl (C=O) groups excluding carboxylic acids is 1. The zero-order valence-corrected chi connectivity index (χ0v) is 18.1. The van der Waals surface area contributed by atoms with Gasteiger partial charge in [0.1, 0.15) is 18.0 Å². The molecule has 0 spiro atoms. The number of nitrogens with zero attached hydrogens (tertiary/aromatic N) is 6. The molecule has 2 aromatic heterocycles. The van der Waals surface area contributed by atoms with Crippen LogP contribution in [0.2, 0.25) is 0 Å². The van der Waals surface area contributed by atoms with Crippen molar-refractivity contribution in [2.75, 3.05) is 29.4 Å². The van der Waals surface area contributed by atoms with Crippen LogP contribution >= 0.6 is 0 Å². The molecular weight excluding hydrogens is 388 g/mol. The van der Waals surface area contributed by atoms with E-state index in [9.17, 15) is 4.79 Å². The van der Waals surface area contributed by atoms with Gasteiger partial charge in [-0.15, -0.1) is 10.2 Å². The van der Waals surface area contributed by atoms with Crippen LogP contribution in [0.5, 0.6) is 0 Å². The van der Waals surface area contributed by atoms with Crippen molar-refractivity contribution in [2.45, 2.75) is 45.1 Å². The van der Waals surface area contributed by atoms with Gasteiger partial charge in [-0.3, -0.25) is 4.79 Å². The number of hydrogen-bond donors (Lipinski definition) is 0. The normalized spacial score (nSPS) is 18.5. The average molecular weight is 417 g/mol. The zero-order chi connectivity index (χ0) is 21.4. The summed E-state index contributed by atoms with van der Waals surface area (Å²) in [4.78, 5) is 21.9. The van der Waals surface area contributed by atoms with Gasteiger partial charge in [0.25, 0.3) is 5.91 Å². The average Bonchev–Trinajstić information content (AvgIpc) is 3.46. The molecule has 1 unspecified atom stereocenters. The molecule has 1 atom stereocenters. The first-order valence-corrected chi connectivity index (χ1v) is 11.1. The van der Waals surface area contributed by atoms with Crippen molar-refractivity contribution in [3.8, 4) is 0 Å². The predicted octanol–water partition coefficient (Wildman–Crippen LogP) is 3.84. The summed E-state index contributed by atoms with van der Waals surface area (Å²) >= 11 is 0. The lowest BCUT2D eigenvalue weighted by Crippen LogP contribution is -2.36. The molecule has 0 radical (unpaired) electrons. The molecular formula is C24H28N6O. The van der Waals surface area contributed by atoms with Gasteiger partial charge in [0, 0.05) is 43.5 Å². The fraction of sp³-hybridized carbons (Fsp3) is 0.417. The van der Waals surface area contributed by atoms with Gasteiger partial charge < -0.3 is 14.4 Å². The Balaban J connectivity index is 1.31. The maximum atomic E-state index is 13.1. The lowest BCUT2D eigenvalue weighted by atomic mass is 9.97. The number of piperidine rings is 1. The summed E-state index contributed by atoms with van der Waals surface area (Å²) in [5.74, 6) is 2.33. The number of aromatic nitrogens is 4. The number of pyridine rings is 1. The molecule has 3 aromatic rings. The van der Waals surface area contributed by atoms with E-state index in [-0.39, 0.29) is 5.91 Å². The van der Waals surface area contributed by atoms with Crippen molar-refractivity contribution in [2.24, 2.45) is 0 Å². The summed E-state index contributed by atoms with van der Waals surface area (Å²) in [5.41, 5.74) is 2.88. The number of anilines is 2. The lowest BCUT2D eigenvalue weighted by molar-refractivity contribution is 0.0989. The zero-order valence-electron chi connectivity index (χ0n) is 18.1. The van der Waals surface area contributed by atoms with Crippen LogP contribution in [0.15, 0.2) is 48.9 Å². The minimum Gasteiger partial charge on any atom is -0.356 e. The van der Waals surface area contributed by atoms with Crippen LogP contribution in [0, 0.1) is 0 Å². The van der Waals surface area contributed by atoms with Gasteiger partial charge in [0.2, 0.25) is 0 Å². The van der Waals surface area contributed by atoms with Gasteiger partial charge in [-0.25, -0.2) is 4.98 Å². The van der Waals surface area contributed by atoms with Crippen molar-refractivity contribution < 1.29 is 4.79 Å². The molecule has 1 saturated heterocycles. The number of amides is 1. The van der Waals surface area contributed by atoms with E-state index < -0.39 is 0 Å². The molecule has 0 aliphatic carbocycles. The van der Waals surface area contributed by atoms with E-state index in [4.69, 9.17) is 0 Å². The van der Waals surface area contributed by atoms with Gasteiger partial charge in [-0.2, -0.15) is 0 Å². The first kappa shape index (κ1) is 19.7. The summed E-state index contributed by atoms with van der Waals surface area (Å²) < 4.78 is 2.16. The van der Waals surface area contributed by atoms with Crippen molar-refractivity contribution in [3.05, 3.63) is 65.9 Å². The number of hydrogen-bond acceptors (Lipinski definition) is 5. The third kappa shape index (κ3) is 3.69. The van der Waals surface area contributed by atoms with E-state index in [2.05, 4.69) is 44.6 Å². The highest BCUT2D eigenvalue weighted by Crippen LogP contribution is 2.31. The Morgan fingerprint density at radius 2 is 2.00 bits per heavy atom. The summed E-state index contributed by atoms with van der Waals surface area (Å²) in [6.07, 6.45) is 6.64. The number of fused-ring (bicyclic) bond motifs is 1. The highest BCUT2D eigenvalue weighted by atomic mass is 16.2. The maximum absolute atomic E-state index is 13.1. The van der Waals surface area contributed by atoms with E-state index >= 15 is 0 Å². The van der Waals surface area contributed by atoms with Gasteiger partial charge in [0.15, 0.2) is 0 Å². The molecule has 1 aromatic carbocycles. The van der Waals surface area contributed by atoms with Gasteiger partial charge in [0.05, 0.1) is 5.56 Å². The van der Waals surface area contributed by atoms with Crippen LogP contribution < -0.4 is 9.80 Å². The molecule has 2 aliphatic rings. The topological polar surface area (TPSA) is 67.2 Å². The second kappa shape index (κ2) is 8.13. The Kier molecular flexibility index (Phi) is 5.18. The van der Waals surface area contributed by atoms with E-state index in [0.717, 1.165) is 56.2 Å². The first-order valence-electron chi connectivity index (χ1n) is 11.1. The maximum Gasteiger partial charge on any atom is 0.259 e. The fourth-order valence-corrected chi connectivity index (χ4v) is 4.74. The monoisotopic (exact) mass is 416 g/mol. The molecule has 160 valence electrons. The van der Waals surface area contributed by atoms with E-state index in [1.165, 1.54) is 5.56 Å². The van der Waals surface area contributed by atoms with Crippen molar-refractivity contribution in [1.29, 1.82) is 0 Å². The summed E-state index contributed by atoms with van der Waals surface area (Å²) in [7, 11) is 0. The number of rotatable bonds is 4. The van der Waals surface area contributed by atoms with Crippen molar-refractivity contribution in [1.82, 2.24) is 19.7 Å². The molecule has 5 rings (SSSR count). The largest absolute Gasteiger partial charge is 0.356 e.